The smallest absolute Gasteiger partial charge is 0.407 e. The van der Waals surface area contributed by atoms with E-state index in [0.717, 1.165) is 11.1 Å². The number of fused-ring (bicyclic) bond motifs is 3. The standard InChI is InChI=1S/C27H32N2O5/c1-27(2,3)29(15-24(30)31)25(32)17-12-13-18(14-17)28-26(33)34-16-23-21-10-6-4-8-19(21)20-9-5-7-11-22(20)23/h4-11,17-18,23H,12-16H2,1-3H3,(H,28,33)(H,30,31)/t17-,18+/m0/s1. The maximum Gasteiger partial charge on any atom is 0.407 e. The summed E-state index contributed by atoms with van der Waals surface area (Å²) in [6.45, 7) is 5.40. The Morgan fingerprint density at radius 3 is 2.15 bits per heavy atom. The van der Waals surface area contributed by atoms with Crippen LogP contribution in [0.15, 0.2) is 48.5 Å². The number of ether oxygens (including phenoxy) is 1. The van der Waals surface area contributed by atoms with Gasteiger partial charge in [0.05, 0.1) is 0 Å². The molecule has 1 fully saturated rings. The Hall–Kier alpha value is -3.35. The molecule has 0 aliphatic heterocycles. The van der Waals surface area contributed by atoms with Crippen molar-refractivity contribution in [3.8, 4) is 11.1 Å². The molecule has 2 atom stereocenters. The van der Waals surface area contributed by atoms with E-state index >= 15 is 0 Å². The van der Waals surface area contributed by atoms with Crippen LogP contribution in [0.3, 0.4) is 0 Å². The monoisotopic (exact) mass is 464 g/mol. The quantitative estimate of drug-likeness (QED) is 0.660. The molecule has 180 valence electrons. The van der Waals surface area contributed by atoms with E-state index in [1.807, 2.05) is 45.0 Å². The summed E-state index contributed by atoms with van der Waals surface area (Å²) in [6, 6.07) is 16.2. The molecule has 1 saturated carbocycles. The fraction of sp³-hybridized carbons (Fsp3) is 0.444. The van der Waals surface area contributed by atoms with Gasteiger partial charge in [-0.25, -0.2) is 4.79 Å². The lowest BCUT2D eigenvalue weighted by Crippen LogP contribution is -2.50. The number of carboxylic acids is 1. The van der Waals surface area contributed by atoms with E-state index in [1.165, 1.54) is 16.0 Å². The second-order valence-electron chi connectivity index (χ2n) is 10.2. The van der Waals surface area contributed by atoms with Gasteiger partial charge in [0.1, 0.15) is 13.2 Å². The highest BCUT2D eigenvalue weighted by atomic mass is 16.5. The Morgan fingerprint density at radius 2 is 1.59 bits per heavy atom. The molecule has 2 amide bonds. The van der Waals surface area contributed by atoms with Crippen molar-refractivity contribution in [2.75, 3.05) is 13.2 Å². The Bertz CT molecular complexity index is 1040. The maximum absolute atomic E-state index is 13.0. The van der Waals surface area contributed by atoms with Gasteiger partial charge in [0.15, 0.2) is 0 Å². The number of amides is 2. The zero-order chi connectivity index (χ0) is 24.5. The lowest BCUT2D eigenvalue weighted by atomic mass is 9.98. The molecule has 0 aromatic heterocycles. The van der Waals surface area contributed by atoms with Gasteiger partial charge in [0.25, 0.3) is 0 Å². The topological polar surface area (TPSA) is 95.9 Å². The number of nitrogens with one attached hydrogen (secondary N) is 1. The van der Waals surface area contributed by atoms with Crippen molar-refractivity contribution in [3.05, 3.63) is 59.7 Å². The Labute approximate surface area is 200 Å². The van der Waals surface area contributed by atoms with Gasteiger partial charge in [-0.05, 0) is 62.3 Å². The van der Waals surface area contributed by atoms with Gasteiger partial charge in [-0.3, -0.25) is 9.59 Å². The zero-order valence-corrected chi connectivity index (χ0v) is 19.9. The predicted molar refractivity (Wildman–Crippen MR) is 128 cm³/mol. The minimum Gasteiger partial charge on any atom is -0.480 e. The average molecular weight is 465 g/mol. The van der Waals surface area contributed by atoms with Crippen LogP contribution in [0, 0.1) is 5.92 Å². The van der Waals surface area contributed by atoms with E-state index in [9.17, 15) is 19.5 Å². The third kappa shape index (κ3) is 4.93. The first-order valence-corrected chi connectivity index (χ1v) is 11.8. The lowest BCUT2D eigenvalue weighted by Gasteiger charge is -2.36. The number of hydrogen-bond acceptors (Lipinski definition) is 4. The van der Waals surface area contributed by atoms with Crippen LogP contribution in [0.2, 0.25) is 0 Å². The van der Waals surface area contributed by atoms with E-state index in [2.05, 4.69) is 29.6 Å². The SMILES string of the molecule is CC(C)(C)N(CC(=O)O)C(=O)[C@H]1CC[C@@H](NC(=O)OCC2c3ccccc3-c3ccccc32)C1. The van der Waals surface area contributed by atoms with E-state index < -0.39 is 17.6 Å². The normalized spacial score (nSPS) is 19.3. The first-order chi connectivity index (χ1) is 16.1. The van der Waals surface area contributed by atoms with E-state index in [0.29, 0.717) is 19.3 Å². The Kier molecular flexibility index (Phi) is 6.64. The van der Waals surface area contributed by atoms with Gasteiger partial charge in [0, 0.05) is 23.4 Å². The van der Waals surface area contributed by atoms with Crippen molar-refractivity contribution in [1.29, 1.82) is 0 Å². The van der Waals surface area contributed by atoms with Crippen molar-refractivity contribution >= 4 is 18.0 Å². The number of aliphatic carboxylic acids is 1. The highest BCUT2D eigenvalue weighted by Crippen LogP contribution is 2.44. The molecule has 0 spiro atoms. The number of carboxylic acid groups (broad SMARTS) is 1. The molecule has 0 bridgehead atoms. The first kappa shape index (κ1) is 23.8. The number of rotatable bonds is 6. The second-order valence-corrected chi connectivity index (χ2v) is 10.2. The van der Waals surface area contributed by atoms with Crippen molar-refractivity contribution < 1.29 is 24.2 Å². The third-order valence-electron chi connectivity index (χ3n) is 6.82. The molecule has 0 heterocycles. The van der Waals surface area contributed by atoms with Crippen molar-refractivity contribution in [2.45, 2.75) is 57.5 Å². The third-order valence-corrected chi connectivity index (χ3v) is 6.82. The molecule has 0 unspecified atom stereocenters. The fourth-order valence-electron chi connectivity index (χ4n) is 5.14. The summed E-state index contributed by atoms with van der Waals surface area (Å²) in [5.74, 6) is -1.52. The maximum atomic E-state index is 13.0. The van der Waals surface area contributed by atoms with Crippen LogP contribution >= 0.6 is 0 Å². The summed E-state index contributed by atoms with van der Waals surface area (Å²) in [6.07, 6.45) is 1.26. The average Bonchev–Trinajstić information content (AvgIpc) is 3.37. The lowest BCUT2D eigenvalue weighted by molar-refractivity contribution is -0.150. The number of hydrogen-bond donors (Lipinski definition) is 2. The molecule has 7 heteroatoms. The van der Waals surface area contributed by atoms with E-state index in [4.69, 9.17) is 4.74 Å². The minimum atomic E-state index is -1.03. The van der Waals surface area contributed by atoms with Crippen LogP contribution in [0.1, 0.15) is 57.1 Å². The molecule has 2 aromatic rings. The molecule has 2 aliphatic carbocycles. The molecule has 7 nitrogen and oxygen atoms in total. The largest absolute Gasteiger partial charge is 0.480 e. The highest BCUT2D eigenvalue weighted by Gasteiger charge is 2.38. The minimum absolute atomic E-state index is 0.00702. The molecule has 0 radical (unpaired) electrons. The molecule has 2 aromatic carbocycles. The van der Waals surface area contributed by atoms with Gasteiger partial charge < -0.3 is 20.1 Å². The van der Waals surface area contributed by atoms with Crippen LogP contribution in [0.4, 0.5) is 4.79 Å². The van der Waals surface area contributed by atoms with Crippen LogP contribution < -0.4 is 5.32 Å². The van der Waals surface area contributed by atoms with Crippen LogP contribution in [0.25, 0.3) is 11.1 Å². The van der Waals surface area contributed by atoms with Gasteiger partial charge in [-0.1, -0.05) is 48.5 Å². The van der Waals surface area contributed by atoms with Crippen molar-refractivity contribution in [1.82, 2.24) is 10.2 Å². The molecule has 4 rings (SSSR count). The van der Waals surface area contributed by atoms with E-state index in [1.54, 1.807) is 0 Å². The van der Waals surface area contributed by atoms with Gasteiger partial charge in [-0.15, -0.1) is 0 Å². The summed E-state index contributed by atoms with van der Waals surface area (Å²) >= 11 is 0. The van der Waals surface area contributed by atoms with Crippen molar-refractivity contribution in [3.63, 3.8) is 0 Å². The van der Waals surface area contributed by atoms with Crippen LogP contribution in [0.5, 0.6) is 0 Å². The van der Waals surface area contributed by atoms with Crippen LogP contribution in [-0.4, -0.2) is 52.7 Å². The van der Waals surface area contributed by atoms with Gasteiger partial charge in [0.2, 0.25) is 5.91 Å². The summed E-state index contributed by atoms with van der Waals surface area (Å²) < 4.78 is 5.63. The van der Waals surface area contributed by atoms with Crippen molar-refractivity contribution in [2.24, 2.45) is 5.92 Å². The summed E-state index contributed by atoms with van der Waals surface area (Å²) in [5, 5.41) is 12.1. The number of nitrogens with zero attached hydrogens (tertiary/aromatic N) is 1. The zero-order valence-electron chi connectivity index (χ0n) is 19.9. The molecule has 2 N–H and O–H groups in total. The van der Waals surface area contributed by atoms with Gasteiger partial charge >= 0.3 is 12.1 Å². The highest BCUT2D eigenvalue weighted by molar-refractivity contribution is 5.84. The second kappa shape index (κ2) is 9.49. The molecule has 34 heavy (non-hydrogen) atoms. The van der Waals surface area contributed by atoms with Gasteiger partial charge in [-0.2, -0.15) is 0 Å². The number of alkyl carbamates (subject to hydrolysis) is 1. The number of carbonyl (C=O) groups excluding carboxylic acids is 2. The van der Waals surface area contributed by atoms with Crippen LogP contribution in [-0.2, 0) is 14.3 Å². The number of benzene rings is 2. The Morgan fingerprint density at radius 1 is 1.00 bits per heavy atom. The number of carbonyl (C=O) groups is 3. The molecule has 0 saturated heterocycles. The summed E-state index contributed by atoms with van der Waals surface area (Å²) in [7, 11) is 0. The molecule has 2 aliphatic rings. The first-order valence-electron chi connectivity index (χ1n) is 11.8. The Balaban J connectivity index is 1.33. The molecular formula is C27H32N2O5. The summed E-state index contributed by atoms with van der Waals surface area (Å²) in [4.78, 5) is 38.3. The fourth-order valence-corrected chi connectivity index (χ4v) is 5.14. The van der Waals surface area contributed by atoms with E-state index in [-0.39, 0.29) is 36.9 Å². The predicted octanol–water partition coefficient (Wildman–Crippen LogP) is 4.41. The molecular weight excluding hydrogens is 432 g/mol. The summed E-state index contributed by atoms with van der Waals surface area (Å²) in [5.41, 5.74) is 4.07.